The minimum Gasteiger partial charge on any atom is -0.495 e. The van der Waals surface area contributed by atoms with Gasteiger partial charge in [0, 0.05) is 6.07 Å². The summed E-state index contributed by atoms with van der Waals surface area (Å²) < 4.78 is 44.8. The van der Waals surface area contributed by atoms with Crippen molar-refractivity contribution in [2.75, 3.05) is 17.6 Å². The van der Waals surface area contributed by atoms with Crippen LogP contribution in [0, 0.1) is 5.82 Å². The second kappa shape index (κ2) is 5.79. The van der Waals surface area contributed by atoms with Crippen LogP contribution in [0.2, 0.25) is 5.02 Å². The van der Waals surface area contributed by atoms with Gasteiger partial charge in [0.05, 0.1) is 28.4 Å². The average molecular weight is 331 g/mol. The monoisotopic (exact) mass is 330 g/mol. The van der Waals surface area contributed by atoms with E-state index in [0.717, 1.165) is 18.2 Å². The molecule has 0 amide bonds. The number of nitrogen functional groups attached to an aromatic ring is 1. The molecule has 0 aromatic heterocycles. The van der Waals surface area contributed by atoms with E-state index in [2.05, 4.69) is 4.72 Å². The fourth-order valence-electron chi connectivity index (χ4n) is 1.63. The standard InChI is InChI=1S/C13H12ClFN2O3S/c1-20-13-6-8(2-4-10(13)14)17-21(18,19)9-3-5-11(15)12(16)7-9/h2-7,17H,16H2,1H3. The summed E-state index contributed by atoms with van der Waals surface area (Å²) in [4.78, 5) is -0.143. The number of ether oxygens (including phenoxy) is 1. The molecule has 0 fully saturated rings. The number of hydrogen-bond donors (Lipinski definition) is 2. The molecule has 0 saturated heterocycles. The summed E-state index contributed by atoms with van der Waals surface area (Å²) in [5.41, 5.74) is 5.39. The molecule has 2 aromatic carbocycles. The third-order valence-electron chi connectivity index (χ3n) is 2.68. The van der Waals surface area contributed by atoms with Crippen LogP contribution >= 0.6 is 11.6 Å². The summed E-state index contributed by atoms with van der Waals surface area (Å²) in [7, 11) is -2.47. The predicted octanol–water partition coefficient (Wildman–Crippen LogP) is 2.87. The lowest BCUT2D eigenvalue weighted by Gasteiger charge is -2.10. The van der Waals surface area contributed by atoms with Crippen LogP contribution in [0.1, 0.15) is 0 Å². The fraction of sp³-hybridized carbons (Fsp3) is 0.0769. The Hall–Kier alpha value is -1.99. The van der Waals surface area contributed by atoms with Crippen LogP contribution in [0.3, 0.4) is 0 Å². The van der Waals surface area contributed by atoms with E-state index in [1.54, 1.807) is 0 Å². The van der Waals surface area contributed by atoms with Gasteiger partial charge in [0.25, 0.3) is 10.0 Å². The average Bonchev–Trinajstić information content (AvgIpc) is 2.43. The lowest BCUT2D eigenvalue weighted by molar-refractivity contribution is 0.415. The van der Waals surface area contributed by atoms with E-state index in [0.29, 0.717) is 10.8 Å². The van der Waals surface area contributed by atoms with E-state index in [9.17, 15) is 12.8 Å². The third kappa shape index (κ3) is 3.37. The number of hydrogen-bond acceptors (Lipinski definition) is 4. The van der Waals surface area contributed by atoms with E-state index < -0.39 is 15.8 Å². The molecule has 0 bridgehead atoms. The highest BCUT2D eigenvalue weighted by Crippen LogP contribution is 2.28. The molecule has 2 aromatic rings. The summed E-state index contributed by atoms with van der Waals surface area (Å²) >= 11 is 5.86. The smallest absolute Gasteiger partial charge is 0.261 e. The Labute approximate surface area is 126 Å². The highest BCUT2D eigenvalue weighted by atomic mass is 35.5. The molecule has 0 aliphatic heterocycles. The molecule has 0 unspecified atom stereocenters. The molecular formula is C13H12ClFN2O3S. The fourth-order valence-corrected chi connectivity index (χ4v) is 2.91. The van der Waals surface area contributed by atoms with E-state index in [1.807, 2.05) is 0 Å². The van der Waals surface area contributed by atoms with Gasteiger partial charge in [0.15, 0.2) is 0 Å². The summed E-state index contributed by atoms with van der Waals surface area (Å²) in [6.45, 7) is 0. The molecule has 0 aliphatic rings. The maximum absolute atomic E-state index is 13.1. The number of halogens is 2. The van der Waals surface area contributed by atoms with Crippen molar-refractivity contribution < 1.29 is 17.5 Å². The van der Waals surface area contributed by atoms with Gasteiger partial charge in [-0.05, 0) is 30.3 Å². The topological polar surface area (TPSA) is 81.4 Å². The minimum atomic E-state index is -3.89. The number of anilines is 2. The molecule has 3 N–H and O–H groups in total. The lowest BCUT2D eigenvalue weighted by Crippen LogP contribution is -2.13. The highest BCUT2D eigenvalue weighted by molar-refractivity contribution is 7.92. The minimum absolute atomic E-state index is 0.143. The predicted molar refractivity (Wildman–Crippen MR) is 79.6 cm³/mol. The van der Waals surface area contributed by atoms with Crippen molar-refractivity contribution in [2.24, 2.45) is 0 Å². The summed E-state index contributed by atoms with van der Waals surface area (Å²) in [6, 6.07) is 7.58. The number of nitrogens with one attached hydrogen (secondary N) is 1. The van der Waals surface area contributed by atoms with Crippen LogP contribution in [-0.2, 0) is 10.0 Å². The van der Waals surface area contributed by atoms with E-state index in [4.69, 9.17) is 22.1 Å². The molecule has 0 saturated carbocycles. The van der Waals surface area contributed by atoms with Gasteiger partial charge in [-0.15, -0.1) is 0 Å². The number of methoxy groups -OCH3 is 1. The Morgan fingerprint density at radius 3 is 2.57 bits per heavy atom. The van der Waals surface area contributed by atoms with Crippen LogP contribution in [0.25, 0.3) is 0 Å². The molecule has 2 rings (SSSR count). The van der Waals surface area contributed by atoms with Gasteiger partial charge in [0.2, 0.25) is 0 Å². The summed E-state index contributed by atoms with van der Waals surface area (Å²) in [5, 5.41) is 0.353. The van der Waals surface area contributed by atoms with E-state index in [1.165, 1.54) is 25.3 Å². The quantitative estimate of drug-likeness (QED) is 0.845. The molecule has 0 aliphatic carbocycles. The second-order valence-corrected chi connectivity index (χ2v) is 6.23. The van der Waals surface area contributed by atoms with Crippen LogP contribution in [0.4, 0.5) is 15.8 Å². The lowest BCUT2D eigenvalue weighted by atomic mass is 10.3. The molecule has 0 radical (unpaired) electrons. The van der Waals surface area contributed by atoms with E-state index in [-0.39, 0.29) is 16.3 Å². The first kappa shape index (κ1) is 15.4. The Kier molecular flexibility index (Phi) is 4.24. The van der Waals surface area contributed by atoms with Crippen molar-refractivity contribution in [1.82, 2.24) is 0 Å². The van der Waals surface area contributed by atoms with Gasteiger partial charge in [-0.25, -0.2) is 12.8 Å². The van der Waals surface area contributed by atoms with Gasteiger partial charge >= 0.3 is 0 Å². The Balaban J connectivity index is 2.35. The molecule has 0 heterocycles. The van der Waals surface area contributed by atoms with Gasteiger partial charge < -0.3 is 10.5 Å². The normalized spacial score (nSPS) is 11.2. The first-order valence-electron chi connectivity index (χ1n) is 5.75. The zero-order valence-electron chi connectivity index (χ0n) is 10.9. The Morgan fingerprint density at radius 1 is 1.24 bits per heavy atom. The largest absolute Gasteiger partial charge is 0.495 e. The molecule has 112 valence electrons. The summed E-state index contributed by atoms with van der Waals surface area (Å²) in [5.74, 6) is -0.349. The zero-order chi connectivity index (χ0) is 15.6. The Morgan fingerprint density at radius 2 is 1.95 bits per heavy atom. The van der Waals surface area contributed by atoms with Crippen LogP contribution in [-0.4, -0.2) is 15.5 Å². The van der Waals surface area contributed by atoms with Crippen LogP contribution < -0.4 is 15.2 Å². The van der Waals surface area contributed by atoms with Gasteiger partial charge in [-0.2, -0.15) is 0 Å². The van der Waals surface area contributed by atoms with Crippen molar-refractivity contribution in [3.63, 3.8) is 0 Å². The van der Waals surface area contributed by atoms with Gasteiger partial charge in [0.1, 0.15) is 11.6 Å². The number of sulfonamides is 1. The number of nitrogens with two attached hydrogens (primary N) is 1. The maximum atomic E-state index is 13.1. The van der Waals surface area contributed by atoms with E-state index >= 15 is 0 Å². The second-order valence-electron chi connectivity index (χ2n) is 4.14. The first-order chi connectivity index (χ1) is 9.83. The van der Waals surface area contributed by atoms with Gasteiger partial charge in [-0.3, -0.25) is 4.72 Å². The zero-order valence-corrected chi connectivity index (χ0v) is 12.5. The van der Waals surface area contributed by atoms with Crippen molar-refractivity contribution >= 4 is 33.0 Å². The number of benzene rings is 2. The van der Waals surface area contributed by atoms with Crippen molar-refractivity contribution in [2.45, 2.75) is 4.90 Å². The molecule has 0 atom stereocenters. The third-order valence-corrected chi connectivity index (χ3v) is 4.37. The van der Waals surface area contributed by atoms with Gasteiger partial charge in [-0.1, -0.05) is 11.6 Å². The van der Waals surface area contributed by atoms with Crippen LogP contribution in [0.15, 0.2) is 41.3 Å². The Bertz CT molecular complexity index is 781. The number of rotatable bonds is 4. The molecule has 8 heteroatoms. The SMILES string of the molecule is COc1cc(NS(=O)(=O)c2ccc(F)c(N)c2)ccc1Cl. The van der Waals surface area contributed by atoms with Crippen molar-refractivity contribution in [3.05, 3.63) is 47.2 Å². The molecular weight excluding hydrogens is 319 g/mol. The van der Waals surface area contributed by atoms with Crippen molar-refractivity contribution in [3.8, 4) is 5.75 Å². The highest BCUT2D eigenvalue weighted by Gasteiger charge is 2.16. The maximum Gasteiger partial charge on any atom is 0.261 e. The summed E-state index contributed by atoms with van der Waals surface area (Å²) in [6.07, 6.45) is 0. The van der Waals surface area contributed by atoms with Crippen LogP contribution in [0.5, 0.6) is 5.75 Å². The molecule has 0 spiro atoms. The molecule has 21 heavy (non-hydrogen) atoms. The van der Waals surface area contributed by atoms with Crippen molar-refractivity contribution in [1.29, 1.82) is 0 Å². The molecule has 5 nitrogen and oxygen atoms in total. The first-order valence-corrected chi connectivity index (χ1v) is 7.61.